The molecule has 0 radical (unpaired) electrons. The Labute approximate surface area is 190 Å². The van der Waals surface area contributed by atoms with Crippen LogP contribution >= 0.6 is 11.8 Å². The minimum absolute atomic E-state index is 0.161. The Bertz CT molecular complexity index is 1220. The molecule has 1 aromatic heterocycles. The maximum atomic E-state index is 12.8. The van der Waals surface area contributed by atoms with Crippen molar-refractivity contribution < 1.29 is 14.0 Å². The summed E-state index contributed by atoms with van der Waals surface area (Å²) in [6.45, 7) is 1.84. The van der Waals surface area contributed by atoms with E-state index < -0.39 is 0 Å². The molecule has 0 saturated heterocycles. The number of hydrogen-bond acceptors (Lipinski definition) is 4. The fourth-order valence-electron chi connectivity index (χ4n) is 3.14. The molecule has 0 aliphatic rings. The Balaban J connectivity index is 1.44. The maximum absolute atomic E-state index is 12.8. The van der Waals surface area contributed by atoms with Crippen LogP contribution in [0.4, 0.5) is 11.4 Å². The average molecular weight is 443 g/mol. The first-order valence-electron chi connectivity index (χ1n) is 10.1. The van der Waals surface area contributed by atoms with Gasteiger partial charge in [-0.3, -0.25) is 9.59 Å². The van der Waals surface area contributed by atoms with E-state index in [4.69, 9.17) is 4.42 Å². The van der Waals surface area contributed by atoms with Crippen molar-refractivity contribution in [1.29, 1.82) is 0 Å². The minimum Gasteiger partial charge on any atom is -0.456 e. The molecule has 2 N–H and O–H groups in total. The van der Waals surface area contributed by atoms with Gasteiger partial charge in [0.1, 0.15) is 5.76 Å². The van der Waals surface area contributed by atoms with Crippen LogP contribution in [0.5, 0.6) is 0 Å². The Morgan fingerprint density at radius 3 is 2.00 bits per heavy atom. The molecule has 3 aromatic carbocycles. The highest BCUT2D eigenvalue weighted by Crippen LogP contribution is 2.29. The zero-order chi connectivity index (χ0) is 22.3. The topological polar surface area (TPSA) is 71.3 Å². The molecular weight excluding hydrogens is 420 g/mol. The summed E-state index contributed by atoms with van der Waals surface area (Å²) < 4.78 is 5.69. The molecule has 4 rings (SSSR count). The predicted molar refractivity (Wildman–Crippen MR) is 128 cm³/mol. The van der Waals surface area contributed by atoms with Crippen LogP contribution in [0, 0.1) is 6.92 Å². The lowest BCUT2D eigenvalue weighted by atomic mass is 10.2. The van der Waals surface area contributed by atoms with E-state index in [-0.39, 0.29) is 17.6 Å². The first-order valence-corrected chi connectivity index (χ1v) is 11.1. The van der Waals surface area contributed by atoms with E-state index in [0.29, 0.717) is 22.8 Å². The third kappa shape index (κ3) is 5.28. The summed E-state index contributed by atoms with van der Waals surface area (Å²) >= 11 is 1.53. The lowest BCUT2D eigenvalue weighted by molar-refractivity contribution is 0.0993. The van der Waals surface area contributed by atoms with Crippen molar-refractivity contribution in [3.8, 4) is 0 Å². The number of thioether (sulfide) groups is 1. The molecule has 5 nitrogen and oxygen atoms in total. The largest absolute Gasteiger partial charge is 0.456 e. The fraction of sp³-hybridized carbons (Fsp3) is 0.0769. The number of carbonyl (C=O) groups is 2. The molecule has 2 amide bonds. The molecule has 32 heavy (non-hydrogen) atoms. The van der Waals surface area contributed by atoms with Gasteiger partial charge in [-0.25, -0.2) is 0 Å². The van der Waals surface area contributed by atoms with Crippen LogP contribution in [0.2, 0.25) is 0 Å². The van der Waals surface area contributed by atoms with Gasteiger partial charge in [0.2, 0.25) is 0 Å². The van der Waals surface area contributed by atoms with E-state index in [2.05, 4.69) is 10.6 Å². The van der Waals surface area contributed by atoms with Crippen molar-refractivity contribution in [2.24, 2.45) is 0 Å². The van der Waals surface area contributed by atoms with Crippen molar-refractivity contribution in [3.05, 3.63) is 114 Å². The number of amides is 2. The van der Waals surface area contributed by atoms with Crippen LogP contribution in [0.15, 0.2) is 100 Å². The van der Waals surface area contributed by atoms with E-state index >= 15 is 0 Å². The highest BCUT2D eigenvalue weighted by molar-refractivity contribution is 7.98. The van der Waals surface area contributed by atoms with Crippen molar-refractivity contribution >= 4 is 35.0 Å². The summed E-state index contributed by atoms with van der Waals surface area (Å²) in [5.41, 5.74) is 2.97. The minimum atomic E-state index is -0.293. The summed E-state index contributed by atoms with van der Waals surface area (Å²) in [4.78, 5) is 26.1. The number of hydrogen-bond donors (Lipinski definition) is 2. The van der Waals surface area contributed by atoms with E-state index in [1.54, 1.807) is 6.07 Å². The van der Waals surface area contributed by atoms with Gasteiger partial charge in [-0.05, 0) is 49.4 Å². The van der Waals surface area contributed by atoms with E-state index in [1.165, 1.54) is 11.8 Å². The molecule has 0 unspecified atom stereocenters. The number of aryl methyl sites for hydroxylation is 1. The summed E-state index contributed by atoms with van der Waals surface area (Å²) in [5, 5.41) is 5.75. The molecule has 0 spiro atoms. The summed E-state index contributed by atoms with van der Waals surface area (Å²) in [6, 6.07) is 27.8. The Morgan fingerprint density at radius 2 is 1.34 bits per heavy atom. The molecule has 0 bridgehead atoms. The standard InChI is InChI=1S/C26H22N2O3S/c1-18-19(16-23(31-18)26(30)28-21-12-6-3-7-13-21)17-32-24-15-9-8-14-22(24)25(29)27-20-10-4-2-5-11-20/h2-16H,17H2,1H3,(H,27,29)(H,28,30). The maximum Gasteiger partial charge on any atom is 0.291 e. The lowest BCUT2D eigenvalue weighted by Crippen LogP contribution is -2.12. The van der Waals surface area contributed by atoms with Gasteiger partial charge in [-0.2, -0.15) is 0 Å². The van der Waals surface area contributed by atoms with Gasteiger partial charge in [-0.1, -0.05) is 48.5 Å². The van der Waals surface area contributed by atoms with Crippen LogP contribution in [0.3, 0.4) is 0 Å². The molecule has 160 valence electrons. The second-order valence-electron chi connectivity index (χ2n) is 7.12. The zero-order valence-corrected chi connectivity index (χ0v) is 18.3. The van der Waals surface area contributed by atoms with Crippen molar-refractivity contribution in [2.75, 3.05) is 10.6 Å². The van der Waals surface area contributed by atoms with Crippen molar-refractivity contribution in [1.82, 2.24) is 0 Å². The molecule has 0 fully saturated rings. The van der Waals surface area contributed by atoms with Crippen LogP contribution in [-0.2, 0) is 5.75 Å². The van der Waals surface area contributed by atoms with Crippen LogP contribution in [0.25, 0.3) is 0 Å². The van der Waals surface area contributed by atoms with Crippen LogP contribution in [0.1, 0.15) is 32.2 Å². The van der Waals surface area contributed by atoms with Gasteiger partial charge in [0.25, 0.3) is 11.8 Å². The smallest absolute Gasteiger partial charge is 0.291 e. The molecule has 0 saturated carbocycles. The normalized spacial score (nSPS) is 10.5. The second-order valence-corrected chi connectivity index (χ2v) is 8.13. The number of anilines is 2. The van der Waals surface area contributed by atoms with E-state index in [0.717, 1.165) is 16.1 Å². The van der Waals surface area contributed by atoms with Crippen LogP contribution in [-0.4, -0.2) is 11.8 Å². The quantitative estimate of drug-likeness (QED) is 0.326. The van der Waals surface area contributed by atoms with Crippen molar-refractivity contribution in [3.63, 3.8) is 0 Å². The fourth-order valence-corrected chi connectivity index (χ4v) is 4.23. The molecular formula is C26H22N2O3S. The van der Waals surface area contributed by atoms with Gasteiger partial charge >= 0.3 is 0 Å². The molecule has 0 atom stereocenters. The van der Waals surface area contributed by atoms with E-state index in [1.807, 2.05) is 91.9 Å². The Hall–Kier alpha value is -3.77. The molecule has 4 aromatic rings. The molecule has 0 aliphatic heterocycles. The number of nitrogens with one attached hydrogen (secondary N) is 2. The third-order valence-corrected chi connectivity index (χ3v) is 5.94. The van der Waals surface area contributed by atoms with Crippen molar-refractivity contribution in [2.45, 2.75) is 17.6 Å². The predicted octanol–water partition coefficient (Wildman–Crippen LogP) is 6.38. The number of rotatable bonds is 7. The summed E-state index contributed by atoms with van der Waals surface area (Å²) in [5.74, 6) is 1.06. The number of furan rings is 1. The van der Waals surface area contributed by atoms with Gasteiger partial charge < -0.3 is 15.1 Å². The monoisotopic (exact) mass is 442 g/mol. The van der Waals surface area contributed by atoms with Gasteiger partial charge in [-0.15, -0.1) is 11.8 Å². The van der Waals surface area contributed by atoms with Gasteiger partial charge in [0, 0.05) is 27.6 Å². The second kappa shape index (κ2) is 10.0. The first-order chi connectivity index (χ1) is 15.6. The molecule has 1 heterocycles. The zero-order valence-electron chi connectivity index (χ0n) is 17.5. The SMILES string of the molecule is Cc1oc(C(=O)Nc2ccccc2)cc1CSc1ccccc1C(=O)Nc1ccccc1. The van der Waals surface area contributed by atoms with Gasteiger partial charge in [0.05, 0.1) is 5.56 Å². The van der Waals surface area contributed by atoms with Crippen LogP contribution < -0.4 is 10.6 Å². The highest BCUT2D eigenvalue weighted by atomic mass is 32.2. The number of para-hydroxylation sites is 2. The number of carbonyl (C=O) groups excluding carboxylic acids is 2. The van der Waals surface area contributed by atoms with E-state index in [9.17, 15) is 9.59 Å². The Morgan fingerprint density at radius 1 is 0.781 bits per heavy atom. The highest BCUT2D eigenvalue weighted by Gasteiger charge is 2.17. The summed E-state index contributed by atoms with van der Waals surface area (Å²) in [6.07, 6.45) is 0. The van der Waals surface area contributed by atoms with Gasteiger partial charge in [0.15, 0.2) is 5.76 Å². The Kier molecular flexibility index (Phi) is 6.72. The third-order valence-electron chi connectivity index (χ3n) is 4.82. The first kappa shape index (κ1) is 21.5. The summed E-state index contributed by atoms with van der Waals surface area (Å²) in [7, 11) is 0. The lowest BCUT2D eigenvalue weighted by Gasteiger charge is -2.09. The number of benzene rings is 3. The average Bonchev–Trinajstić information content (AvgIpc) is 3.20. The molecule has 6 heteroatoms. The molecule has 0 aliphatic carbocycles.